The van der Waals surface area contributed by atoms with Crippen molar-refractivity contribution in [2.45, 2.75) is 12.6 Å². The fourth-order valence-corrected chi connectivity index (χ4v) is 3.98. The van der Waals surface area contributed by atoms with Crippen LogP contribution in [0.2, 0.25) is 10.0 Å². The molecular weight excluding hydrogens is 449 g/mol. The van der Waals surface area contributed by atoms with Crippen molar-refractivity contribution < 1.29 is 19.4 Å². The van der Waals surface area contributed by atoms with Crippen molar-refractivity contribution in [3.05, 3.63) is 105 Å². The van der Waals surface area contributed by atoms with Gasteiger partial charge in [-0.2, -0.15) is 0 Å². The molecule has 162 valence electrons. The number of halogens is 2. The second-order valence-electron chi connectivity index (χ2n) is 7.33. The first-order valence-electron chi connectivity index (χ1n) is 9.82. The highest BCUT2D eigenvalue weighted by molar-refractivity contribution is 6.46. The molecule has 7 heteroatoms. The van der Waals surface area contributed by atoms with Crippen molar-refractivity contribution in [2.24, 2.45) is 0 Å². The zero-order valence-corrected chi connectivity index (χ0v) is 18.6. The van der Waals surface area contributed by atoms with E-state index in [-0.39, 0.29) is 17.9 Å². The Labute approximate surface area is 195 Å². The zero-order valence-electron chi connectivity index (χ0n) is 17.1. The molecule has 1 aliphatic heterocycles. The second kappa shape index (κ2) is 9.07. The Bertz CT molecular complexity index is 1190. The van der Waals surface area contributed by atoms with E-state index in [4.69, 9.17) is 27.9 Å². The van der Waals surface area contributed by atoms with E-state index in [0.717, 1.165) is 5.56 Å². The van der Waals surface area contributed by atoms with Crippen LogP contribution in [0.1, 0.15) is 22.7 Å². The lowest BCUT2D eigenvalue weighted by Gasteiger charge is -2.25. The van der Waals surface area contributed by atoms with Gasteiger partial charge in [0.25, 0.3) is 11.7 Å². The minimum Gasteiger partial charge on any atom is -0.507 e. The summed E-state index contributed by atoms with van der Waals surface area (Å²) in [6, 6.07) is 19.8. The van der Waals surface area contributed by atoms with Crippen LogP contribution in [0.5, 0.6) is 5.75 Å². The van der Waals surface area contributed by atoms with Gasteiger partial charge in [0.2, 0.25) is 0 Å². The number of ketones is 1. The summed E-state index contributed by atoms with van der Waals surface area (Å²) in [5.74, 6) is -0.993. The number of amides is 1. The van der Waals surface area contributed by atoms with Crippen molar-refractivity contribution in [1.29, 1.82) is 0 Å². The lowest BCUT2D eigenvalue weighted by atomic mass is 9.95. The molecule has 4 rings (SSSR count). The van der Waals surface area contributed by atoms with Gasteiger partial charge < -0.3 is 14.7 Å². The SMILES string of the molecule is COc1ccc(CN2C(=O)C(=O)/C(=C(\O)c3ccc(Cl)cc3)C2c2ccc(Cl)cc2)cc1. The molecule has 3 aromatic rings. The molecule has 1 fully saturated rings. The summed E-state index contributed by atoms with van der Waals surface area (Å²) >= 11 is 12.0. The molecule has 1 N–H and O–H groups in total. The predicted octanol–water partition coefficient (Wildman–Crippen LogP) is 5.62. The third-order valence-corrected chi connectivity index (χ3v) is 5.86. The van der Waals surface area contributed by atoms with Gasteiger partial charge in [0.1, 0.15) is 11.5 Å². The van der Waals surface area contributed by atoms with Crippen molar-refractivity contribution in [2.75, 3.05) is 7.11 Å². The Morgan fingerprint density at radius 2 is 1.47 bits per heavy atom. The molecule has 1 heterocycles. The molecule has 0 aliphatic carbocycles. The van der Waals surface area contributed by atoms with Crippen molar-refractivity contribution in [1.82, 2.24) is 4.90 Å². The first-order valence-corrected chi connectivity index (χ1v) is 10.6. The van der Waals surface area contributed by atoms with Crippen LogP contribution < -0.4 is 4.74 Å². The summed E-state index contributed by atoms with van der Waals surface area (Å²) < 4.78 is 5.19. The Morgan fingerprint density at radius 3 is 2.03 bits per heavy atom. The van der Waals surface area contributed by atoms with E-state index in [9.17, 15) is 14.7 Å². The van der Waals surface area contributed by atoms with E-state index in [1.54, 1.807) is 67.8 Å². The molecule has 1 saturated heterocycles. The number of carbonyl (C=O) groups is 2. The van der Waals surface area contributed by atoms with E-state index >= 15 is 0 Å². The lowest BCUT2D eigenvalue weighted by Crippen LogP contribution is -2.29. The normalized spacial score (nSPS) is 17.6. The highest BCUT2D eigenvalue weighted by Crippen LogP contribution is 2.40. The maximum absolute atomic E-state index is 13.1. The molecular formula is C25H19Cl2NO4. The molecule has 1 unspecified atom stereocenters. The minimum absolute atomic E-state index is 0.0214. The first-order chi connectivity index (χ1) is 15.4. The first kappa shape index (κ1) is 21.9. The molecule has 0 saturated carbocycles. The highest BCUT2D eigenvalue weighted by Gasteiger charge is 2.46. The third kappa shape index (κ3) is 4.22. The number of rotatable bonds is 5. The minimum atomic E-state index is -0.773. The van der Waals surface area contributed by atoms with Crippen LogP contribution in [-0.4, -0.2) is 28.8 Å². The molecule has 0 radical (unpaired) electrons. The number of Topliss-reactive ketones (excluding diaryl/α,β-unsaturated/α-hetero) is 1. The van der Waals surface area contributed by atoms with Gasteiger partial charge in [0.15, 0.2) is 0 Å². The number of carbonyl (C=O) groups excluding carboxylic acids is 2. The maximum Gasteiger partial charge on any atom is 0.295 e. The van der Waals surface area contributed by atoms with E-state index < -0.39 is 17.7 Å². The Hall–Kier alpha value is -3.28. The number of methoxy groups -OCH3 is 1. The number of hydrogen-bond donors (Lipinski definition) is 1. The topological polar surface area (TPSA) is 66.8 Å². The van der Waals surface area contributed by atoms with E-state index in [0.29, 0.717) is 26.9 Å². The van der Waals surface area contributed by atoms with Gasteiger partial charge >= 0.3 is 0 Å². The second-order valence-corrected chi connectivity index (χ2v) is 8.21. The summed E-state index contributed by atoms with van der Waals surface area (Å²) in [6.45, 7) is 0.180. The molecule has 1 amide bonds. The van der Waals surface area contributed by atoms with Crippen molar-refractivity contribution >= 4 is 40.7 Å². The van der Waals surface area contributed by atoms with Crippen LogP contribution in [0.25, 0.3) is 5.76 Å². The van der Waals surface area contributed by atoms with Crippen LogP contribution in [0.15, 0.2) is 78.4 Å². The van der Waals surface area contributed by atoms with Crippen LogP contribution in [0, 0.1) is 0 Å². The zero-order chi connectivity index (χ0) is 22.8. The monoisotopic (exact) mass is 467 g/mol. The van der Waals surface area contributed by atoms with Gasteiger partial charge in [-0.1, -0.05) is 47.5 Å². The van der Waals surface area contributed by atoms with Crippen molar-refractivity contribution in [3.8, 4) is 5.75 Å². The lowest BCUT2D eigenvalue weighted by molar-refractivity contribution is -0.140. The number of benzene rings is 3. The number of ether oxygens (including phenoxy) is 1. The Kier molecular flexibility index (Phi) is 6.21. The largest absolute Gasteiger partial charge is 0.507 e. The number of aliphatic hydroxyl groups is 1. The average molecular weight is 468 g/mol. The van der Waals surface area contributed by atoms with E-state index in [2.05, 4.69) is 0 Å². The molecule has 3 aromatic carbocycles. The molecule has 1 aliphatic rings. The summed E-state index contributed by atoms with van der Waals surface area (Å²) in [7, 11) is 1.57. The molecule has 0 spiro atoms. The van der Waals surface area contributed by atoms with Gasteiger partial charge in [0, 0.05) is 22.2 Å². The predicted molar refractivity (Wildman–Crippen MR) is 124 cm³/mol. The maximum atomic E-state index is 13.1. The summed E-state index contributed by atoms with van der Waals surface area (Å²) in [4.78, 5) is 27.6. The standard InChI is InChI=1S/C25H19Cl2NO4/c1-32-20-12-2-15(3-13-20)14-28-22(16-4-8-18(26)9-5-16)21(24(30)25(28)31)23(29)17-6-10-19(27)11-7-17/h2-13,22,29H,14H2,1H3/b23-21-. The van der Waals surface area contributed by atoms with Crippen LogP contribution in [-0.2, 0) is 16.1 Å². The molecule has 0 aromatic heterocycles. The van der Waals surface area contributed by atoms with Crippen molar-refractivity contribution in [3.63, 3.8) is 0 Å². The molecule has 32 heavy (non-hydrogen) atoms. The summed E-state index contributed by atoms with van der Waals surface area (Å²) in [6.07, 6.45) is 0. The van der Waals surface area contributed by atoms with Crippen LogP contribution >= 0.6 is 23.2 Å². The summed E-state index contributed by atoms with van der Waals surface area (Å²) in [5, 5.41) is 12.1. The number of aliphatic hydroxyl groups excluding tert-OH is 1. The van der Waals surface area contributed by atoms with Crippen LogP contribution in [0.4, 0.5) is 0 Å². The Balaban J connectivity index is 1.82. The van der Waals surface area contributed by atoms with Crippen LogP contribution in [0.3, 0.4) is 0 Å². The smallest absolute Gasteiger partial charge is 0.295 e. The van der Waals surface area contributed by atoms with Gasteiger partial charge in [-0.05, 0) is 59.7 Å². The number of nitrogens with zero attached hydrogens (tertiary/aromatic N) is 1. The number of hydrogen-bond acceptors (Lipinski definition) is 4. The Morgan fingerprint density at radius 1 is 0.906 bits per heavy atom. The third-order valence-electron chi connectivity index (χ3n) is 5.36. The van der Waals surface area contributed by atoms with Gasteiger partial charge in [0.05, 0.1) is 18.7 Å². The average Bonchev–Trinajstić information content (AvgIpc) is 3.05. The van der Waals surface area contributed by atoms with Gasteiger partial charge in [-0.15, -0.1) is 0 Å². The van der Waals surface area contributed by atoms with Gasteiger partial charge in [-0.3, -0.25) is 9.59 Å². The molecule has 0 bridgehead atoms. The fraction of sp³-hybridized carbons (Fsp3) is 0.120. The quantitative estimate of drug-likeness (QED) is 0.300. The van der Waals surface area contributed by atoms with Gasteiger partial charge in [-0.25, -0.2) is 0 Å². The molecule has 1 atom stereocenters. The fourth-order valence-electron chi connectivity index (χ4n) is 3.73. The number of likely N-dealkylation sites (tertiary alicyclic amines) is 1. The summed E-state index contributed by atoms with van der Waals surface area (Å²) in [5.41, 5.74) is 1.90. The highest BCUT2D eigenvalue weighted by atomic mass is 35.5. The molecule has 5 nitrogen and oxygen atoms in total. The van der Waals surface area contributed by atoms with E-state index in [1.165, 1.54) is 4.90 Å². The van der Waals surface area contributed by atoms with E-state index in [1.807, 2.05) is 12.1 Å².